The van der Waals surface area contributed by atoms with Crippen molar-refractivity contribution in [3.63, 3.8) is 0 Å². The Morgan fingerprint density at radius 1 is 1.31 bits per heavy atom. The van der Waals surface area contributed by atoms with Crippen LogP contribution in [0.25, 0.3) is 0 Å². The van der Waals surface area contributed by atoms with Crippen LogP contribution in [0.5, 0.6) is 0 Å². The zero-order valence-corrected chi connectivity index (χ0v) is 11.3. The van der Waals surface area contributed by atoms with E-state index in [2.05, 4.69) is 4.72 Å². The van der Waals surface area contributed by atoms with Crippen molar-refractivity contribution in [1.29, 1.82) is 0 Å². The summed E-state index contributed by atoms with van der Waals surface area (Å²) in [7, 11) is -3.76. The number of carboxylic acid groups (broad SMARTS) is 1. The largest absolute Gasteiger partial charge is 0.480 e. The molecule has 0 saturated heterocycles. The van der Waals surface area contributed by atoms with E-state index in [1.54, 1.807) is 0 Å². The SMILES string of the molecule is CC(CNS(=O)(=O)C(C)C(=O)O)C(C)(C)C. The summed E-state index contributed by atoms with van der Waals surface area (Å²) in [6.07, 6.45) is 0. The van der Waals surface area contributed by atoms with Crippen LogP contribution in [-0.4, -0.2) is 31.3 Å². The summed E-state index contributed by atoms with van der Waals surface area (Å²) in [4.78, 5) is 10.6. The molecule has 2 atom stereocenters. The second-order valence-corrected chi connectivity index (χ2v) is 7.23. The predicted molar refractivity (Wildman–Crippen MR) is 62.6 cm³/mol. The minimum absolute atomic E-state index is 0.0189. The lowest BCUT2D eigenvalue weighted by molar-refractivity contribution is -0.136. The van der Waals surface area contributed by atoms with Crippen molar-refractivity contribution in [2.24, 2.45) is 11.3 Å². The Hall–Kier alpha value is -0.620. The van der Waals surface area contributed by atoms with Gasteiger partial charge in [0.15, 0.2) is 5.25 Å². The number of carboxylic acids is 1. The van der Waals surface area contributed by atoms with Gasteiger partial charge in [-0.25, -0.2) is 13.1 Å². The quantitative estimate of drug-likeness (QED) is 0.765. The molecule has 6 heteroatoms. The Bertz CT molecular complexity index is 342. The molecule has 0 amide bonds. The Labute approximate surface area is 97.3 Å². The molecule has 0 bridgehead atoms. The van der Waals surface area contributed by atoms with E-state index in [-0.39, 0.29) is 17.9 Å². The summed E-state index contributed by atoms with van der Waals surface area (Å²) in [6.45, 7) is 9.36. The second kappa shape index (κ2) is 5.14. The van der Waals surface area contributed by atoms with Crippen molar-refractivity contribution in [3.8, 4) is 0 Å². The normalized spacial score (nSPS) is 16.8. The molecule has 0 aliphatic carbocycles. The zero-order chi connectivity index (χ0) is 13.1. The lowest BCUT2D eigenvalue weighted by Crippen LogP contribution is -2.41. The first kappa shape index (κ1) is 15.4. The summed E-state index contributed by atoms with van der Waals surface area (Å²) in [5.74, 6) is -1.21. The van der Waals surface area contributed by atoms with Crippen LogP contribution in [0, 0.1) is 11.3 Å². The summed E-state index contributed by atoms with van der Waals surface area (Å²) >= 11 is 0. The van der Waals surface area contributed by atoms with Crippen LogP contribution in [0.15, 0.2) is 0 Å². The van der Waals surface area contributed by atoms with E-state index in [9.17, 15) is 13.2 Å². The smallest absolute Gasteiger partial charge is 0.323 e. The molecule has 0 aliphatic heterocycles. The van der Waals surface area contributed by atoms with Crippen LogP contribution in [0.4, 0.5) is 0 Å². The molecule has 0 radical (unpaired) electrons. The van der Waals surface area contributed by atoms with Crippen LogP contribution < -0.4 is 4.72 Å². The van der Waals surface area contributed by atoms with E-state index in [4.69, 9.17) is 5.11 Å². The molecule has 16 heavy (non-hydrogen) atoms. The van der Waals surface area contributed by atoms with Gasteiger partial charge in [-0.05, 0) is 18.3 Å². The number of sulfonamides is 1. The van der Waals surface area contributed by atoms with Crippen LogP contribution in [0.2, 0.25) is 0 Å². The fourth-order valence-electron chi connectivity index (χ4n) is 0.805. The highest BCUT2D eigenvalue weighted by Crippen LogP contribution is 2.24. The summed E-state index contributed by atoms with van der Waals surface area (Å²) in [5.41, 5.74) is -0.0189. The van der Waals surface area contributed by atoms with E-state index in [0.717, 1.165) is 6.92 Å². The molecule has 0 aromatic heterocycles. The zero-order valence-electron chi connectivity index (χ0n) is 10.4. The van der Waals surface area contributed by atoms with E-state index in [1.165, 1.54) is 0 Å². The van der Waals surface area contributed by atoms with Crippen molar-refractivity contribution >= 4 is 16.0 Å². The molecular weight excluding hydrogens is 230 g/mol. The molecule has 0 rings (SSSR count). The molecule has 96 valence electrons. The number of hydrogen-bond donors (Lipinski definition) is 2. The van der Waals surface area contributed by atoms with Crippen LogP contribution in [-0.2, 0) is 14.8 Å². The fourth-order valence-corrected chi connectivity index (χ4v) is 1.80. The molecule has 0 aliphatic rings. The van der Waals surface area contributed by atoms with Crippen LogP contribution in [0.1, 0.15) is 34.6 Å². The highest BCUT2D eigenvalue weighted by atomic mass is 32.2. The standard InChI is InChI=1S/C10H21NO4S/c1-7(10(3,4)5)6-11-16(14,15)8(2)9(12)13/h7-8,11H,6H2,1-5H3,(H,12,13). The maximum absolute atomic E-state index is 11.5. The van der Waals surface area contributed by atoms with Crippen molar-refractivity contribution in [3.05, 3.63) is 0 Å². The minimum atomic E-state index is -3.76. The first-order valence-corrected chi connectivity index (χ1v) is 6.74. The molecule has 0 spiro atoms. The molecule has 0 heterocycles. The van der Waals surface area contributed by atoms with E-state index in [1.807, 2.05) is 27.7 Å². The van der Waals surface area contributed by atoms with Crippen molar-refractivity contribution in [1.82, 2.24) is 4.72 Å². The molecule has 0 aromatic rings. The predicted octanol–water partition coefficient (Wildman–Crippen LogP) is 1.06. The number of nitrogens with one attached hydrogen (secondary N) is 1. The highest BCUT2D eigenvalue weighted by Gasteiger charge is 2.29. The maximum atomic E-state index is 11.5. The van der Waals surface area contributed by atoms with Gasteiger partial charge >= 0.3 is 5.97 Å². The highest BCUT2D eigenvalue weighted by molar-refractivity contribution is 7.90. The lowest BCUT2D eigenvalue weighted by Gasteiger charge is -2.27. The van der Waals surface area contributed by atoms with Crippen molar-refractivity contribution in [2.75, 3.05) is 6.54 Å². The van der Waals surface area contributed by atoms with Crippen molar-refractivity contribution in [2.45, 2.75) is 39.9 Å². The topological polar surface area (TPSA) is 83.5 Å². The van der Waals surface area contributed by atoms with Crippen LogP contribution >= 0.6 is 0 Å². The summed E-state index contributed by atoms with van der Waals surface area (Å²) in [6, 6.07) is 0. The van der Waals surface area contributed by atoms with Gasteiger partial charge in [-0.1, -0.05) is 27.7 Å². The van der Waals surface area contributed by atoms with Crippen LogP contribution in [0.3, 0.4) is 0 Å². The number of rotatable bonds is 5. The Kier molecular flexibility index (Phi) is 4.94. The van der Waals surface area contributed by atoms with E-state index < -0.39 is 21.2 Å². The van der Waals surface area contributed by atoms with Crippen molar-refractivity contribution < 1.29 is 18.3 Å². The number of hydrogen-bond acceptors (Lipinski definition) is 3. The minimum Gasteiger partial charge on any atom is -0.480 e. The summed E-state index contributed by atoms with van der Waals surface area (Å²) in [5, 5.41) is 7.21. The molecule has 0 aromatic carbocycles. The molecule has 2 unspecified atom stereocenters. The van der Waals surface area contributed by atoms with E-state index in [0.29, 0.717) is 0 Å². The average molecular weight is 251 g/mol. The third-order valence-electron chi connectivity index (χ3n) is 2.88. The van der Waals surface area contributed by atoms with Gasteiger partial charge in [0.05, 0.1) is 0 Å². The van der Waals surface area contributed by atoms with Gasteiger partial charge in [0.1, 0.15) is 0 Å². The first-order chi connectivity index (χ1) is 6.98. The average Bonchev–Trinajstić information content (AvgIpc) is 2.11. The number of aliphatic carboxylic acids is 1. The molecular formula is C10H21NO4S. The molecule has 5 nitrogen and oxygen atoms in total. The monoisotopic (exact) mass is 251 g/mol. The molecule has 2 N–H and O–H groups in total. The fraction of sp³-hybridized carbons (Fsp3) is 0.900. The third-order valence-corrected chi connectivity index (χ3v) is 4.58. The Morgan fingerprint density at radius 3 is 2.06 bits per heavy atom. The Balaban J connectivity index is 4.48. The van der Waals surface area contributed by atoms with E-state index >= 15 is 0 Å². The Morgan fingerprint density at radius 2 is 1.75 bits per heavy atom. The number of carbonyl (C=O) groups is 1. The summed E-state index contributed by atoms with van der Waals surface area (Å²) < 4.78 is 25.4. The van der Waals surface area contributed by atoms with Gasteiger partial charge in [-0.2, -0.15) is 0 Å². The van der Waals surface area contributed by atoms with Gasteiger partial charge in [0, 0.05) is 6.54 Å². The second-order valence-electron chi connectivity index (χ2n) is 5.14. The molecule has 0 fully saturated rings. The first-order valence-electron chi connectivity index (χ1n) is 5.19. The third kappa shape index (κ3) is 4.49. The maximum Gasteiger partial charge on any atom is 0.323 e. The van der Waals surface area contributed by atoms with Gasteiger partial charge in [-0.3, -0.25) is 4.79 Å². The van der Waals surface area contributed by atoms with Gasteiger partial charge in [0.25, 0.3) is 0 Å². The lowest BCUT2D eigenvalue weighted by atomic mass is 9.82. The van der Waals surface area contributed by atoms with Gasteiger partial charge in [-0.15, -0.1) is 0 Å². The van der Waals surface area contributed by atoms with Gasteiger partial charge in [0.2, 0.25) is 10.0 Å². The molecule has 0 saturated carbocycles. The van der Waals surface area contributed by atoms with Gasteiger partial charge < -0.3 is 5.11 Å².